The van der Waals surface area contributed by atoms with E-state index in [1.807, 2.05) is 51.5 Å². The smallest absolute Gasteiger partial charge is 0.319 e. The van der Waals surface area contributed by atoms with Crippen molar-refractivity contribution in [3.8, 4) is 28.5 Å². The standard InChI is InChI=1S/C27H33N7O2/c1-19-5-6-22(31-26(35)29-8-7-27(2,3)18-28)15-23(19)20-13-24(21-16-30-33(4)17-21)32-25(14-20)34-9-11-36-12-10-34/h5-6,13-17H,7-12H2,1-4H3,(H2,29,31,35). The van der Waals surface area contributed by atoms with Crippen LogP contribution in [0.5, 0.6) is 0 Å². The summed E-state index contributed by atoms with van der Waals surface area (Å²) in [4.78, 5) is 19.7. The molecule has 0 aliphatic carbocycles. The fourth-order valence-corrected chi connectivity index (χ4v) is 4.06. The fourth-order valence-electron chi connectivity index (χ4n) is 4.06. The lowest BCUT2D eigenvalue weighted by molar-refractivity contribution is 0.122. The van der Waals surface area contributed by atoms with Crippen molar-refractivity contribution in [1.82, 2.24) is 20.1 Å². The molecule has 0 spiro atoms. The number of hydrogen-bond donors (Lipinski definition) is 2. The van der Waals surface area contributed by atoms with E-state index in [9.17, 15) is 4.79 Å². The molecule has 2 amide bonds. The van der Waals surface area contributed by atoms with Crippen LogP contribution in [0, 0.1) is 23.7 Å². The summed E-state index contributed by atoms with van der Waals surface area (Å²) in [6.07, 6.45) is 4.35. The number of urea groups is 1. The van der Waals surface area contributed by atoms with Gasteiger partial charge in [-0.2, -0.15) is 10.4 Å². The van der Waals surface area contributed by atoms with Gasteiger partial charge in [-0.25, -0.2) is 9.78 Å². The third-order valence-corrected chi connectivity index (χ3v) is 6.29. The van der Waals surface area contributed by atoms with Gasteiger partial charge in [-0.05, 0) is 68.1 Å². The number of aryl methyl sites for hydroxylation is 2. The fraction of sp³-hybridized carbons (Fsp3) is 0.407. The van der Waals surface area contributed by atoms with E-state index in [4.69, 9.17) is 15.0 Å². The number of nitrogens with zero attached hydrogens (tertiary/aromatic N) is 5. The maximum absolute atomic E-state index is 12.5. The van der Waals surface area contributed by atoms with Crippen molar-refractivity contribution in [2.45, 2.75) is 27.2 Å². The van der Waals surface area contributed by atoms with Crippen LogP contribution in [0.3, 0.4) is 0 Å². The number of hydrogen-bond acceptors (Lipinski definition) is 6. The molecule has 0 bridgehead atoms. The number of anilines is 2. The highest BCUT2D eigenvalue weighted by Gasteiger charge is 2.18. The van der Waals surface area contributed by atoms with Gasteiger partial charge in [0.25, 0.3) is 0 Å². The van der Waals surface area contributed by atoms with Gasteiger partial charge in [-0.1, -0.05) is 6.07 Å². The van der Waals surface area contributed by atoms with Gasteiger partial charge in [-0.15, -0.1) is 0 Å². The number of nitrogens with one attached hydrogen (secondary N) is 2. The monoisotopic (exact) mass is 487 g/mol. The second kappa shape index (κ2) is 10.8. The summed E-state index contributed by atoms with van der Waals surface area (Å²) in [6, 6.07) is 12.0. The lowest BCUT2D eigenvalue weighted by Crippen LogP contribution is -2.36. The van der Waals surface area contributed by atoms with E-state index in [1.165, 1.54) is 0 Å². The molecule has 1 saturated heterocycles. The summed E-state index contributed by atoms with van der Waals surface area (Å²) < 4.78 is 7.30. The van der Waals surface area contributed by atoms with Crippen LogP contribution in [0.1, 0.15) is 25.8 Å². The van der Waals surface area contributed by atoms with Crippen molar-refractivity contribution >= 4 is 17.5 Å². The van der Waals surface area contributed by atoms with E-state index in [2.05, 4.69) is 45.8 Å². The molecule has 0 unspecified atom stereocenters. The van der Waals surface area contributed by atoms with Crippen molar-refractivity contribution in [3.05, 3.63) is 48.3 Å². The van der Waals surface area contributed by atoms with Crippen LogP contribution in [-0.4, -0.2) is 53.6 Å². The van der Waals surface area contributed by atoms with Crippen LogP contribution in [-0.2, 0) is 11.8 Å². The summed E-state index contributed by atoms with van der Waals surface area (Å²) >= 11 is 0. The molecule has 1 aliphatic heterocycles. The normalized spacial score (nSPS) is 13.8. The Kier molecular flexibility index (Phi) is 7.55. The summed E-state index contributed by atoms with van der Waals surface area (Å²) in [5, 5.41) is 19.2. The van der Waals surface area contributed by atoms with Gasteiger partial charge in [0, 0.05) is 44.1 Å². The summed E-state index contributed by atoms with van der Waals surface area (Å²) in [5.74, 6) is 0.894. The quantitative estimate of drug-likeness (QED) is 0.513. The molecule has 0 saturated carbocycles. The van der Waals surface area contributed by atoms with Crippen LogP contribution < -0.4 is 15.5 Å². The summed E-state index contributed by atoms with van der Waals surface area (Å²) in [5.41, 5.74) is 5.13. The van der Waals surface area contributed by atoms with Gasteiger partial charge in [-0.3, -0.25) is 4.68 Å². The van der Waals surface area contributed by atoms with Gasteiger partial charge < -0.3 is 20.3 Å². The number of morpholine rings is 1. The maximum atomic E-state index is 12.5. The van der Waals surface area contributed by atoms with E-state index in [0.717, 1.165) is 46.9 Å². The van der Waals surface area contributed by atoms with E-state index in [0.29, 0.717) is 31.9 Å². The number of pyridine rings is 1. The second-order valence-corrected chi connectivity index (χ2v) is 9.76. The average Bonchev–Trinajstić information content (AvgIpc) is 3.31. The zero-order valence-electron chi connectivity index (χ0n) is 21.3. The highest BCUT2D eigenvalue weighted by atomic mass is 16.5. The molecular formula is C27H33N7O2. The van der Waals surface area contributed by atoms with E-state index >= 15 is 0 Å². The predicted molar refractivity (Wildman–Crippen MR) is 141 cm³/mol. The van der Waals surface area contributed by atoms with Crippen LogP contribution >= 0.6 is 0 Å². The topological polar surface area (TPSA) is 108 Å². The van der Waals surface area contributed by atoms with Gasteiger partial charge in [0.15, 0.2) is 0 Å². The molecule has 0 atom stereocenters. The molecule has 2 N–H and O–H groups in total. The number of ether oxygens (including phenoxy) is 1. The number of carbonyl (C=O) groups excluding carboxylic acids is 1. The number of rotatable bonds is 7. The van der Waals surface area contributed by atoms with Crippen molar-refractivity contribution < 1.29 is 9.53 Å². The number of benzene rings is 1. The second-order valence-electron chi connectivity index (χ2n) is 9.76. The Morgan fingerprint density at radius 2 is 1.97 bits per heavy atom. The minimum absolute atomic E-state index is 0.293. The number of nitriles is 1. The molecular weight excluding hydrogens is 454 g/mol. The molecule has 188 valence electrons. The van der Waals surface area contributed by atoms with E-state index < -0.39 is 5.41 Å². The molecule has 1 fully saturated rings. The molecule has 4 rings (SSSR count). The average molecular weight is 488 g/mol. The summed E-state index contributed by atoms with van der Waals surface area (Å²) in [6.45, 7) is 9.12. The lowest BCUT2D eigenvalue weighted by atomic mass is 9.92. The summed E-state index contributed by atoms with van der Waals surface area (Å²) in [7, 11) is 1.89. The third kappa shape index (κ3) is 6.20. The molecule has 1 aromatic carbocycles. The molecule has 9 heteroatoms. The van der Waals surface area contributed by atoms with Crippen LogP contribution in [0.15, 0.2) is 42.7 Å². The number of amides is 2. The Balaban J connectivity index is 1.61. The first-order valence-electron chi connectivity index (χ1n) is 12.1. The Bertz CT molecular complexity index is 1270. The molecule has 3 aromatic rings. The zero-order chi connectivity index (χ0) is 25.7. The largest absolute Gasteiger partial charge is 0.378 e. The van der Waals surface area contributed by atoms with Gasteiger partial charge >= 0.3 is 6.03 Å². The first kappa shape index (κ1) is 25.2. The Morgan fingerprint density at radius 1 is 1.19 bits per heavy atom. The van der Waals surface area contributed by atoms with Gasteiger partial charge in [0.1, 0.15) is 5.82 Å². The van der Waals surface area contributed by atoms with Crippen LogP contribution in [0.4, 0.5) is 16.3 Å². The minimum atomic E-state index is -0.476. The minimum Gasteiger partial charge on any atom is -0.378 e. The predicted octanol–water partition coefficient (Wildman–Crippen LogP) is 4.36. The van der Waals surface area contributed by atoms with E-state index in [-0.39, 0.29) is 6.03 Å². The highest BCUT2D eigenvalue weighted by molar-refractivity contribution is 5.90. The van der Waals surface area contributed by atoms with E-state index in [1.54, 1.807) is 4.68 Å². The molecule has 0 radical (unpaired) electrons. The lowest BCUT2D eigenvalue weighted by Gasteiger charge is -2.28. The third-order valence-electron chi connectivity index (χ3n) is 6.29. The van der Waals surface area contributed by atoms with Crippen molar-refractivity contribution in [2.24, 2.45) is 12.5 Å². The van der Waals surface area contributed by atoms with Gasteiger partial charge in [0.05, 0.1) is 36.6 Å². The Morgan fingerprint density at radius 3 is 2.67 bits per heavy atom. The highest BCUT2D eigenvalue weighted by Crippen LogP contribution is 2.33. The molecule has 36 heavy (non-hydrogen) atoms. The molecule has 1 aliphatic rings. The molecule has 3 heterocycles. The van der Waals surface area contributed by atoms with Crippen molar-refractivity contribution in [2.75, 3.05) is 43.1 Å². The SMILES string of the molecule is Cc1ccc(NC(=O)NCCC(C)(C)C#N)cc1-c1cc(-c2cnn(C)c2)nc(N2CCOCC2)c1. The van der Waals surface area contributed by atoms with Crippen LogP contribution in [0.2, 0.25) is 0 Å². The zero-order valence-corrected chi connectivity index (χ0v) is 21.3. The van der Waals surface area contributed by atoms with Crippen molar-refractivity contribution in [3.63, 3.8) is 0 Å². The first-order chi connectivity index (χ1) is 17.2. The number of aromatic nitrogens is 3. The maximum Gasteiger partial charge on any atom is 0.319 e. The Hall–Kier alpha value is -3.90. The first-order valence-corrected chi connectivity index (χ1v) is 12.1. The molecule has 9 nitrogen and oxygen atoms in total. The van der Waals surface area contributed by atoms with Crippen LogP contribution in [0.25, 0.3) is 22.4 Å². The van der Waals surface area contributed by atoms with Crippen molar-refractivity contribution in [1.29, 1.82) is 5.26 Å². The van der Waals surface area contributed by atoms with Gasteiger partial charge in [0.2, 0.25) is 0 Å². The number of carbonyl (C=O) groups is 1. The Labute approximate surface area is 212 Å². The molecule has 2 aromatic heterocycles.